The van der Waals surface area contributed by atoms with Gasteiger partial charge in [0, 0.05) is 0 Å². The monoisotopic (exact) mass is 191 g/mol. The van der Waals surface area contributed by atoms with Gasteiger partial charge in [0.2, 0.25) is 0 Å². The van der Waals surface area contributed by atoms with Gasteiger partial charge in [0.25, 0.3) is 0 Å². The highest BCUT2D eigenvalue weighted by Crippen LogP contribution is 2.48. The second-order valence-electron chi connectivity index (χ2n) is 4.48. The maximum absolute atomic E-state index is 13.0. The maximum atomic E-state index is 13.0. The van der Waals surface area contributed by atoms with Crippen LogP contribution in [0, 0.1) is 17.7 Å². The molecule has 1 aliphatic carbocycles. The zero-order valence-electron chi connectivity index (χ0n) is 8.04. The van der Waals surface area contributed by atoms with Gasteiger partial charge in [0.1, 0.15) is 5.82 Å². The Hall–Kier alpha value is -0.890. The average Bonchev–Trinajstić information content (AvgIpc) is 2.48. The van der Waals surface area contributed by atoms with Crippen LogP contribution in [0.25, 0.3) is 0 Å². The Morgan fingerprint density at radius 2 is 2.21 bits per heavy atom. The first-order valence-electron chi connectivity index (χ1n) is 5.31. The summed E-state index contributed by atoms with van der Waals surface area (Å²) < 4.78 is 13.0. The summed E-state index contributed by atoms with van der Waals surface area (Å²) in [6.07, 6.45) is 1.24. The van der Waals surface area contributed by atoms with E-state index < -0.39 is 0 Å². The number of hydrogen-bond donors (Lipinski definition) is 1. The number of nitrogens with one attached hydrogen (secondary N) is 1. The molecule has 3 atom stereocenters. The third-order valence-electron chi connectivity index (χ3n) is 3.74. The minimum atomic E-state index is -0.100. The summed E-state index contributed by atoms with van der Waals surface area (Å²) in [6, 6.07) is 7.09. The molecule has 1 N–H and O–H groups in total. The van der Waals surface area contributed by atoms with Crippen molar-refractivity contribution in [2.45, 2.75) is 12.3 Å². The van der Waals surface area contributed by atoms with E-state index in [-0.39, 0.29) is 5.82 Å². The van der Waals surface area contributed by atoms with Crippen molar-refractivity contribution in [1.82, 2.24) is 5.32 Å². The quantitative estimate of drug-likeness (QED) is 0.717. The molecule has 2 aliphatic rings. The van der Waals surface area contributed by atoms with E-state index in [2.05, 4.69) is 11.4 Å². The van der Waals surface area contributed by atoms with Crippen LogP contribution in [0.5, 0.6) is 0 Å². The third-order valence-corrected chi connectivity index (χ3v) is 3.74. The molecule has 0 radical (unpaired) electrons. The predicted octanol–water partition coefficient (Wildman–Crippen LogP) is 2.15. The predicted molar refractivity (Wildman–Crippen MR) is 53.6 cm³/mol. The van der Waals surface area contributed by atoms with E-state index in [9.17, 15) is 4.39 Å². The molecule has 3 rings (SSSR count). The summed E-state index contributed by atoms with van der Waals surface area (Å²) in [5, 5.41) is 3.40. The minimum absolute atomic E-state index is 0.100. The van der Waals surface area contributed by atoms with Crippen LogP contribution in [0.15, 0.2) is 24.3 Å². The van der Waals surface area contributed by atoms with E-state index >= 15 is 0 Å². The minimum Gasteiger partial charge on any atom is -0.316 e. The van der Waals surface area contributed by atoms with Crippen molar-refractivity contribution in [2.75, 3.05) is 13.1 Å². The Kier molecular flexibility index (Phi) is 1.84. The summed E-state index contributed by atoms with van der Waals surface area (Å²) in [6.45, 7) is 2.28. The summed E-state index contributed by atoms with van der Waals surface area (Å²) >= 11 is 0. The largest absolute Gasteiger partial charge is 0.316 e. The van der Waals surface area contributed by atoms with Gasteiger partial charge in [0.15, 0.2) is 0 Å². The van der Waals surface area contributed by atoms with Gasteiger partial charge in [-0.1, -0.05) is 12.1 Å². The lowest BCUT2D eigenvalue weighted by atomic mass is 9.64. The van der Waals surface area contributed by atoms with E-state index in [1.165, 1.54) is 18.1 Å². The van der Waals surface area contributed by atoms with Crippen molar-refractivity contribution in [3.63, 3.8) is 0 Å². The highest BCUT2D eigenvalue weighted by Gasteiger charge is 2.44. The maximum Gasteiger partial charge on any atom is 0.123 e. The zero-order valence-corrected chi connectivity index (χ0v) is 8.04. The van der Waals surface area contributed by atoms with Crippen LogP contribution < -0.4 is 5.32 Å². The molecule has 0 aromatic heterocycles. The summed E-state index contributed by atoms with van der Waals surface area (Å²) in [5.74, 6) is 2.11. The molecular formula is C12H14FN. The Morgan fingerprint density at radius 1 is 1.29 bits per heavy atom. The van der Waals surface area contributed by atoms with Crippen molar-refractivity contribution in [2.24, 2.45) is 11.8 Å². The second kappa shape index (κ2) is 3.06. The van der Waals surface area contributed by atoms with Gasteiger partial charge in [-0.3, -0.25) is 0 Å². The lowest BCUT2D eigenvalue weighted by molar-refractivity contribution is 0.190. The summed E-state index contributed by atoms with van der Waals surface area (Å²) in [7, 11) is 0. The van der Waals surface area contributed by atoms with Crippen LogP contribution >= 0.6 is 0 Å². The SMILES string of the molecule is Fc1cccc([C@@H]2C[C@H]3CNC[C@@H]32)c1. The first-order chi connectivity index (χ1) is 6.84. The van der Waals surface area contributed by atoms with Crippen molar-refractivity contribution in [3.8, 4) is 0 Å². The van der Waals surface area contributed by atoms with Crippen LogP contribution in [0.3, 0.4) is 0 Å². The Bertz CT molecular complexity index is 350. The number of fused-ring (bicyclic) bond motifs is 1. The van der Waals surface area contributed by atoms with E-state index in [4.69, 9.17) is 0 Å². The fraction of sp³-hybridized carbons (Fsp3) is 0.500. The number of halogens is 1. The van der Waals surface area contributed by atoms with Crippen LogP contribution in [0.4, 0.5) is 4.39 Å². The molecule has 1 heterocycles. The number of hydrogen-bond acceptors (Lipinski definition) is 1. The van der Waals surface area contributed by atoms with Gasteiger partial charge >= 0.3 is 0 Å². The van der Waals surface area contributed by atoms with E-state index in [0.717, 1.165) is 24.9 Å². The molecule has 1 saturated heterocycles. The van der Waals surface area contributed by atoms with Gasteiger partial charge in [0.05, 0.1) is 0 Å². The van der Waals surface area contributed by atoms with Crippen LogP contribution in [0.1, 0.15) is 17.9 Å². The highest BCUT2D eigenvalue weighted by molar-refractivity contribution is 5.25. The molecule has 1 nitrogen and oxygen atoms in total. The smallest absolute Gasteiger partial charge is 0.123 e. The van der Waals surface area contributed by atoms with Crippen molar-refractivity contribution in [1.29, 1.82) is 0 Å². The third kappa shape index (κ3) is 1.17. The highest BCUT2D eigenvalue weighted by atomic mass is 19.1. The van der Waals surface area contributed by atoms with E-state index in [0.29, 0.717) is 5.92 Å². The lowest BCUT2D eigenvalue weighted by Crippen LogP contribution is -2.33. The molecule has 0 spiro atoms. The molecule has 1 aliphatic heterocycles. The molecule has 0 unspecified atom stereocenters. The molecule has 2 fully saturated rings. The first kappa shape index (κ1) is 8.42. The molecule has 74 valence electrons. The van der Waals surface area contributed by atoms with E-state index in [1.54, 1.807) is 6.07 Å². The Balaban J connectivity index is 1.83. The van der Waals surface area contributed by atoms with Gasteiger partial charge in [-0.25, -0.2) is 4.39 Å². The Morgan fingerprint density at radius 3 is 3.00 bits per heavy atom. The fourth-order valence-electron chi connectivity index (χ4n) is 2.91. The van der Waals surface area contributed by atoms with Gasteiger partial charge in [-0.2, -0.15) is 0 Å². The van der Waals surface area contributed by atoms with E-state index in [1.807, 2.05) is 6.07 Å². The molecule has 1 saturated carbocycles. The second-order valence-corrected chi connectivity index (χ2v) is 4.48. The van der Waals surface area contributed by atoms with Crippen molar-refractivity contribution >= 4 is 0 Å². The average molecular weight is 191 g/mol. The van der Waals surface area contributed by atoms with Crippen LogP contribution in [-0.4, -0.2) is 13.1 Å². The van der Waals surface area contributed by atoms with Gasteiger partial charge < -0.3 is 5.32 Å². The fourth-order valence-corrected chi connectivity index (χ4v) is 2.91. The topological polar surface area (TPSA) is 12.0 Å². The Labute approximate surface area is 83.3 Å². The van der Waals surface area contributed by atoms with Gasteiger partial charge in [-0.05, 0) is 55.0 Å². The molecule has 1 aromatic rings. The number of benzene rings is 1. The molecule has 2 heteroatoms. The number of rotatable bonds is 1. The van der Waals surface area contributed by atoms with Gasteiger partial charge in [-0.15, -0.1) is 0 Å². The zero-order chi connectivity index (χ0) is 9.54. The normalized spacial score (nSPS) is 35.1. The molecule has 0 bridgehead atoms. The van der Waals surface area contributed by atoms with Crippen LogP contribution in [0.2, 0.25) is 0 Å². The first-order valence-corrected chi connectivity index (χ1v) is 5.31. The van der Waals surface area contributed by atoms with Crippen molar-refractivity contribution < 1.29 is 4.39 Å². The summed E-state index contributed by atoms with van der Waals surface area (Å²) in [5.41, 5.74) is 1.19. The lowest BCUT2D eigenvalue weighted by Gasteiger charge is -2.40. The molecular weight excluding hydrogens is 177 g/mol. The standard InChI is InChI=1S/C12H14FN/c13-10-3-1-2-8(4-10)11-5-9-6-14-7-12(9)11/h1-4,9,11-12,14H,5-7H2/t9-,11-,12-/m0/s1. The van der Waals surface area contributed by atoms with Crippen molar-refractivity contribution in [3.05, 3.63) is 35.6 Å². The molecule has 14 heavy (non-hydrogen) atoms. The molecule has 1 aromatic carbocycles. The van der Waals surface area contributed by atoms with Crippen LogP contribution in [-0.2, 0) is 0 Å². The summed E-state index contributed by atoms with van der Waals surface area (Å²) in [4.78, 5) is 0. The molecule has 0 amide bonds.